The molecule has 1 unspecified atom stereocenters. The zero-order valence-electron chi connectivity index (χ0n) is 10.4. The summed E-state index contributed by atoms with van der Waals surface area (Å²) in [5, 5.41) is 9.07. The molecule has 0 aliphatic carbocycles. The molecule has 1 aliphatic heterocycles. The van der Waals surface area contributed by atoms with Gasteiger partial charge in [-0.05, 0) is 22.0 Å². The maximum Gasteiger partial charge on any atom is 0.305 e. The van der Waals surface area contributed by atoms with Crippen molar-refractivity contribution < 1.29 is 14.7 Å². The number of amides is 1. The van der Waals surface area contributed by atoms with Gasteiger partial charge in [0.2, 0.25) is 0 Å². The monoisotopic (exact) mass is 378 g/mol. The van der Waals surface area contributed by atoms with Crippen LogP contribution in [0.25, 0.3) is 0 Å². The first-order valence-electron chi connectivity index (χ1n) is 5.90. The van der Waals surface area contributed by atoms with E-state index in [1.54, 1.807) is 22.7 Å². The molecule has 1 atom stereocenters. The standard InChI is InChI=1S/C12H12BrClN2O3S/c13-7-3-9(11(14)15-5-7)12(19)16-1-2-20-6-8(16)4-10(17)18/h3,5,8H,1-2,4,6H2,(H,17,18). The van der Waals surface area contributed by atoms with Crippen LogP contribution in [-0.2, 0) is 4.79 Å². The van der Waals surface area contributed by atoms with Crippen molar-refractivity contribution in [3.05, 3.63) is 27.5 Å². The molecule has 2 rings (SSSR count). The van der Waals surface area contributed by atoms with Crippen LogP contribution in [0.5, 0.6) is 0 Å². The Bertz CT molecular complexity index is 543. The van der Waals surface area contributed by atoms with Crippen LogP contribution in [0.1, 0.15) is 16.8 Å². The Kier molecular flexibility index (Phi) is 5.29. The Hall–Kier alpha value is -0.790. The zero-order valence-corrected chi connectivity index (χ0v) is 13.5. The molecule has 1 fully saturated rings. The third-order valence-electron chi connectivity index (χ3n) is 2.93. The minimum absolute atomic E-state index is 0.0577. The summed E-state index contributed by atoms with van der Waals surface area (Å²) in [6.07, 6.45) is 1.46. The number of thioether (sulfide) groups is 1. The topological polar surface area (TPSA) is 70.5 Å². The van der Waals surface area contributed by atoms with Gasteiger partial charge in [-0.15, -0.1) is 0 Å². The van der Waals surface area contributed by atoms with Gasteiger partial charge in [0, 0.05) is 28.7 Å². The highest BCUT2D eigenvalue weighted by atomic mass is 79.9. The van der Waals surface area contributed by atoms with Gasteiger partial charge >= 0.3 is 5.97 Å². The molecular formula is C12H12BrClN2O3S. The molecular weight excluding hydrogens is 368 g/mol. The molecule has 0 aromatic carbocycles. The third kappa shape index (κ3) is 3.65. The van der Waals surface area contributed by atoms with Crippen LogP contribution >= 0.6 is 39.3 Å². The molecule has 1 N–H and O–H groups in total. The first kappa shape index (κ1) is 15.6. The van der Waals surface area contributed by atoms with Gasteiger partial charge in [0.05, 0.1) is 18.0 Å². The van der Waals surface area contributed by atoms with E-state index in [4.69, 9.17) is 16.7 Å². The molecule has 0 bridgehead atoms. The predicted molar refractivity (Wildman–Crippen MR) is 81.3 cm³/mol. The van der Waals surface area contributed by atoms with Crippen molar-refractivity contribution in [2.24, 2.45) is 0 Å². The van der Waals surface area contributed by atoms with Gasteiger partial charge in [-0.25, -0.2) is 4.98 Å². The maximum absolute atomic E-state index is 12.5. The second kappa shape index (κ2) is 6.78. The molecule has 1 saturated heterocycles. The minimum atomic E-state index is -0.909. The van der Waals surface area contributed by atoms with Gasteiger partial charge < -0.3 is 10.0 Å². The minimum Gasteiger partial charge on any atom is -0.481 e. The van der Waals surface area contributed by atoms with Crippen molar-refractivity contribution in [3.8, 4) is 0 Å². The Labute approximate surface area is 133 Å². The predicted octanol–water partition coefficient (Wildman–Crippen LogP) is 2.53. The number of aliphatic carboxylic acids is 1. The lowest BCUT2D eigenvalue weighted by Gasteiger charge is -2.34. The number of carboxylic acids is 1. The Morgan fingerprint density at radius 1 is 1.60 bits per heavy atom. The highest BCUT2D eigenvalue weighted by Gasteiger charge is 2.30. The summed E-state index contributed by atoms with van der Waals surface area (Å²) in [5.74, 6) is 0.238. The van der Waals surface area contributed by atoms with Crippen molar-refractivity contribution in [1.82, 2.24) is 9.88 Å². The number of rotatable bonds is 3. The first-order chi connectivity index (χ1) is 9.49. The number of nitrogens with zero attached hydrogens (tertiary/aromatic N) is 2. The second-order valence-corrected chi connectivity index (χ2v) is 6.74. The largest absolute Gasteiger partial charge is 0.481 e. The molecule has 20 heavy (non-hydrogen) atoms. The van der Waals surface area contributed by atoms with Crippen LogP contribution in [0.4, 0.5) is 0 Å². The number of aromatic nitrogens is 1. The van der Waals surface area contributed by atoms with E-state index in [-0.39, 0.29) is 23.5 Å². The quantitative estimate of drug-likeness (QED) is 0.817. The lowest BCUT2D eigenvalue weighted by atomic mass is 10.1. The number of hydrogen-bond acceptors (Lipinski definition) is 4. The van der Waals surface area contributed by atoms with Gasteiger partial charge in [0.1, 0.15) is 5.15 Å². The van der Waals surface area contributed by atoms with E-state index in [0.717, 1.165) is 5.75 Å². The van der Waals surface area contributed by atoms with E-state index in [9.17, 15) is 9.59 Å². The van der Waals surface area contributed by atoms with E-state index < -0.39 is 5.97 Å². The average Bonchev–Trinajstić information content (AvgIpc) is 2.41. The molecule has 108 valence electrons. The van der Waals surface area contributed by atoms with Crippen molar-refractivity contribution in [1.29, 1.82) is 0 Å². The van der Waals surface area contributed by atoms with Crippen LogP contribution in [-0.4, -0.2) is 51.0 Å². The van der Waals surface area contributed by atoms with Gasteiger partial charge in [-0.2, -0.15) is 11.8 Å². The summed E-state index contributed by atoms with van der Waals surface area (Å²) >= 11 is 10.9. The Morgan fingerprint density at radius 2 is 2.35 bits per heavy atom. The Balaban J connectivity index is 2.25. The number of hydrogen-bond donors (Lipinski definition) is 1. The average molecular weight is 380 g/mol. The summed E-state index contributed by atoms with van der Waals surface area (Å²) in [5.41, 5.74) is 0.295. The van der Waals surface area contributed by atoms with E-state index >= 15 is 0 Å². The summed E-state index contributed by atoms with van der Waals surface area (Å²) < 4.78 is 0.659. The van der Waals surface area contributed by atoms with Crippen LogP contribution in [0.3, 0.4) is 0 Å². The fourth-order valence-electron chi connectivity index (χ4n) is 2.02. The van der Waals surface area contributed by atoms with Crippen LogP contribution < -0.4 is 0 Å². The number of carbonyl (C=O) groups is 2. The molecule has 1 amide bonds. The van der Waals surface area contributed by atoms with Crippen molar-refractivity contribution in [2.75, 3.05) is 18.1 Å². The lowest BCUT2D eigenvalue weighted by molar-refractivity contribution is -0.138. The molecule has 1 aromatic heterocycles. The van der Waals surface area contributed by atoms with E-state index in [1.807, 2.05) is 0 Å². The normalized spacial score (nSPS) is 18.9. The maximum atomic E-state index is 12.5. The van der Waals surface area contributed by atoms with Crippen molar-refractivity contribution >= 4 is 51.2 Å². The van der Waals surface area contributed by atoms with E-state index in [0.29, 0.717) is 22.3 Å². The Morgan fingerprint density at radius 3 is 3.05 bits per heavy atom. The number of carboxylic acid groups (broad SMARTS) is 1. The third-order valence-corrected chi connectivity index (χ3v) is 4.76. The molecule has 0 saturated carbocycles. The number of halogens is 2. The van der Waals surface area contributed by atoms with Crippen LogP contribution in [0.2, 0.25) is 5.15 Å². The lowest BCUT2D eigenvalue weighted by Crippen LogP contribution is -2.47. The molecule has 0 radical (unpaired) electrons. The van der Waals surface area contributed by atoms with Crippen molar-refractivity contribution in [3.63, 3.8) is 0 Å². The molecule has 8 heteroatoms. The van der Waals surface area contributed by atoms with E-state index in [2.05, 4.69) is 20.9 Å². The van der Waals surface area contributed by atoms with Gasteiger partial charge in [-0.3, -0.25) is 9.59 Å². The number of pyridine rings is 1. The van der Waals surface area contributed by atoms with Gasteiger partial charge in [0.15, 0.2) is 0 Å². The van der Waals surface area contributed by atoms with Crippen LogP contribution in [0.15, 0.2) is 16.7 Å². The highest BCUT2D eigenvalue weighted by Crippen LogP contribution is 2.25. The smallest absolute Gasteiger partial charge is 0.305 e. The SMILES string of the molecule is O=C(O)CC1CSCCN1C(=O)c1cc(Br)cnc1Cl. The van der Waals surface area contributed by atoms with Gasteiger partial charge in [0.25, 0.3) is 5.91 Å². The first-order valence-corrected chi connectivity index (χ1v) is 8.23. The highest BCUT2D eigenvalue weighted by molar-refractivity contribution is 9.10. The summed E-state index contributed by atoms with van der Waals surface area (Å²) in [7, 11) is 0. The van der Waals surface area contributed by atoms with Crippen LogP contribution in [0, 0.1) is 0 Å². The summed E-state index contributed by atoms with van der Waals surface area (Å²) in [6.45, 7) is 0.518. The molecule has 0 spiro atoms. The molecule has 2 heterocycles. The molecule has 5 nitrogen and oxygen atoms in total. The van der Waals surface area contributed by atoms with Gasteiger partial charge in [-0.1, -0.05) is 11.6 Å². The second-order valence-electron chi connectivity index (χ2n) is 4.32. The summed E-state index contributed by atoms with van der Waals surface area (Å²) in [4.78, 5) is 29.0. The molecule has 1 aromatic rings. The fraction of sp³-hybridized carbons (Fsp3) is 0.417. The van der Waals surface area contributed by atoms with E-state index in [1.165, 1.54) is 6.20 Å². The fourth-order valence-corrected chi connectivity index (χ4v) is 3.60. The van der Waals surface area contributed by atoms with Crippen molar-refractivity contribution in [2.45, 2.75) is 12.5 Å². The number of carbonyl (C=O) groups excluding carboxylic acids is 1. The molecule has 1 aliphatic rings. The zero-order chi connectivity index (χ0) is 14.7. The summed E-state index contributed by atoms with van der Waals surface area (Å²) in [6, 6.07) is 1.30.